The summed E-state index contributed by atoms with van der Waals surface area (Å²) in [7, 11) is 1.31. The molecule has 0 bridgehead atoms. The van der Waals surface area contributed by atoms with Gasteiger partial charge in [-0.25, -0.2) is 9.59 Å². The highest BCUT2D eigenvalue weighted by Gasteiger charge is 2.14. The second kappa shape index (κ2) is 6.45. The number of rotatable bonds is 3. The second-order valence-corrected chi connectivity index (χ2v) is 5.43. The fourth-order valence-corrected chi connectivity index (χ4v) is 2.52. The fourth-order valence-electron chi connectivity index (χ4n) is 2.52. The van der Waals surface area contributed by atoms with Gasteiger partial charge in [0.05, 0.1) is 12.7 Å². The molecular weight excluding hydrogens is 306 g/mol. The van der Waals surface area contributed by atoms with Gasteiger partial charge in [-0.2, -0.15) is 0 Å². The molecule has 0 saturated carbocycles. The summed E-state index contributed by atoms with van der Waals surface area (Å²) in [5.41, 5.74) is 4.57. The maximum Gasteiger partial charge on any atom is 0.337 e. The van der Waals surface area contributed by atoms with Gasteiger partial charge >= 0.3 is 12.0 Å². The molecule has 6 nitrogen and oxygen atoms in total. The van der Waals surface area contributed by atoms with E-state index in [9.17, 15) is 9.59 Å². The van der Waals surface area contributed by atoms with E-state index in [1.54, 1.807) is 24.3 Å². The molecule has 1 aliphatic heterocycles. The third-order valence-electron chi connectivity index (χ3n) is 3.62. The van der Waals surface area contributed by atoms with Crippen LogP contribution in [0, 0.1) is 0 Å². The molecule has 0 aliphatic carbocycles. The van der Waals surface area contributed by atoms with Crippen molar-refractivity contribution in [1.82, 2.24) is 0 Å². The molecule has 0 aromatic heterocycles. The Hall–Kier alpha value is -3.28. The third kappa shape index (κ3) is 3.38. The summed E-state index contributed by atoms with van der Waals surface area (Å²) < 4.78 is 4.66. The summed E-state index contributed by atoms with van der Waals surface area (Å²) in [4.78, 5) is 23.6. The van der Waals surface area contributed by atoms with Gasteiger partial charge in [-0.15, -0.1) is 0 Å². The largest absolute Gasteiger partial charge is 0.465 e. The molecule has 0 fully saturated rings. The summed E-state index contributed by atoms with van der Waals surface area (Å²) in [5.74, 6) is -0.455. The molecule has 122 valence electrons. The Morgan fingerprint density at radius 3 is 2.62 bits per heavy atom. The van der Waals surface area contributed by atoms with Gasteiger partial charge in [0.1, 0.15) is 0 Å². The normalized spacial score (nSPS) is 12.1. The second-order valence-electron chi connectivity index (χ2n) is 5.43. The predicted octanol–water partition coefficient (Wildman–Crippen LogP) is 3.60. The molecule has 2 amide bonds. The van der Waals surface area contributed by atoms with E-state index in [4.69, 9.17) is 0 Å². The zero-order valence-corrected chi connectivity index (χ0v) is 13.2. The molecule has 0 spiro atoms. The number of methoxy groups -OCH3 is 1. The summed E-state index contributed by atoms with van der Waals surface area (Å²) in [6.07, 6.45) is 0.794. The first-order valence-electron chi connectivity index (χ1n) is 7.39. The van der Waals surface area contributed by atoms with Crippen LogP contribution in [-0.4, -0.2) is 19.1 Å². The van der Waals surface area contributed by atoms with Gasteiger partial charge in [-0.3, -0.25) is 0 Å². The Bertz CT molecular complexity index is 830. The molecule has 3 N–H and O–H groups in total. The minimum atomic E-state index is -0.455. The number of benzene rings is 2. The molecule has 6 heteroatoms. The summed E-state index contributed by atoms with van der Waals surface area (Å²) in [6, 6.07) is 11.8. The highest BCUT2D eigenvalue weighted by molar-refractivity contribution is 6.01. The standard InChI is InChI=1S/C18H17N3O3/c1-11-8-12-6-7-15(10-16(12)19-11)21-18(23)20-14-5-3-4-13(9-14)17(22)24-2/h3-7,9-10,19H,1,8H2,2H3,(H2,20,21,23). The Labute approximate surface area is 139 Å². The number of fused-ring (bicyclic) bond motifs is 1. The van der Waals surface area contributed by atoms with Crippen molar-refractivity contribution in [2.24, 2.45) is 0 Å². The third-order valence-corrected chi connectivity index (χ3v) is 3.62. The van der Waals surface area contributed by atoms with E-state index in [0.29, 0.717) is 16.9 Å². The van der Waals surface area contributed by atoms with Gasteiger partial charge < -0.3 is 20.7 Å². The average molecular weight is 323 g/mol. The van der Waals surface area contributed by atoms with Crippen LogP contribution in [0.25, 0.3) is 0 Å². The first-order valence-corrected chi connectivity index (χ1v) is 7.39. The zero-order valence-electron chi connectivity index (χ0n) is 13.2. The predicted molar refractivity (Wildman–Crippen MR) is 93.3 cm³/mol. The first-order chi connectivity index (χ1) is 11.5. The van der Waals surface area contributed by atoms with Crippen molar-refractivity contribution >= 4 is 29.1 Å². The van der Waals surface area contributed by atoms with E-state index < -0.39 is 12.0 Å². The van der Waals surface area contributed by atoms with E-state index in [1.807, 2.05) is 18.2 Å². The average Bonchev–Trinajstić information content (AvgIpc) is 2.93. The molecule has 3 rings (SSSR count). The van der Waals surface area contributed by atoms with Crippen molar-refractivity contribution in [1.29, 1.82) is 0 Å². The number of urea groups is 1. The zero-order chi connectivity index (χ0) is 17.1. The van der Waals surface area contributed by atoms with Crippen LogP contribution in [0.3, 0.4) is 0 Å². The number of anilines is 3. The van der Waals surface area contributed by atoms with E-state index in [1.165, 1.54) is 7.11 Å². The van der Waals surface area contributed by atoms with Gasteiger partial charge in [0.25, 0.3) is 0 Å². The lowest BCUT2D eigenvalue weighted by Gasteiger charge is -2.10. The maximum atomic E-state index is 12.1. The first kappa shape index (κ1) is 15.6. The minimum absolute atomic E-state index is 0.371. The number of amides is 2. The topological polar surface area (TPSA) is 79.5 Å². The van der Waals surface area contributed by atoms with E-state index in [-0.39, 0.29) is 0 Å². The molecule has 2 aromatic carbocycles. The van der Waals surface area contributed by atoms with Crippen LogP contribution in [-0.2, 0) is 11.2 Å². The summed E-state index contributed by atoms with van der Waals surface area (Å²) in [5, 5.41) is 8.62. The van der Waals surface area contributed by atoms with Crippen molar-refractivity contribution in [3.05, 3.63) is 65.9 Å². The fraction of sp³-hybridized carbons (Fsp3) is 0.111. The van der Waals surface area contributed by atoms with Crippen LogP contribution in [0.4, 0.5) is 21.9 Å². The lowest BCUT2D eigenvalue weighted by atomic mass is 10.1. The van der Waals surface area contributed by atoms with Gasteiger partial charge in [0.2, 0.25) is 0 Å². The lowest BCUT2D eigenvalue weighted by Crippen LogP contribution is -2.19. The van der Waals surface area contributed by atoms with Crippen LogP contribution in [0.5, 0.6) is 0 Å². The van der Waals surface area contributed by atoms with Crippen molar-refractivity contribution in [3.8, 4) is 0 Å². The molecule has 0 atom stereocenters. The number of hydrogen-bond donors (Lipinski definition) is 3. The molecule has 0 saturated heterocycles. The van der Waals surface area contributed by atoms with Gasteiger partial charge in [-0.05, 0) is 35.9 Å². The molecule has 0 unspecified atom stereocenters. The monoisotopic (exact) mass is 323 g/mol. The molecule has 2 aromatic rings. The van der Waals surface area contributed by atoms with Crippen LogP contribution < -0.4 is 16.0 Å². The van der Waals surface area contributed by atoms with Crippen molar-refractivity contribution in [2.75, 3.05) is 23.1 Å². The van der Waals surface area contributed by atoms with Crippen molar-refractivity contribution in [3.63, 3.8) is 0 Å². The number of carbonyl (C=O) groups excluding carboxylic acids is 2. The van der Waals surface area contributed by atoms with Gasteiger partial charge in [0, 0.05) is 29.2 Å². The Balaban J connectivity index is 1.67. The highest BCUT2D eigenvalue weighted by Crippen LogP contribution is 2.29. The Morgan fingerprint density at radius 1 is 1.12 bits per heavy atom. The smallest absolute Gasteiger partial charge is 0.337 e. The quantitative estimate of drug-likeness (QED) is 0.754. The summed E-state index contributed by atoms with van der Waals surface area (Å²) in [6.45, 7) is 3.90. The Kier molecular flexibility index (Phi) is 4.20. The molecule has 0 radical (unpaired) electrons. The number of nitrogens with one attached hydrogen (secondary N) is 3. The van der Waals surface area contributed by atoms with Crippen LogP contribution in [0.1, 0.15) is 15.9 Å². The molecule has 1 heterocycles. The van der Waals surface area contributed by atoms with Crippen molar-refractivity contribution in [2.45, 2.75) is 6.42 Å². The number of carbonyl (C=O) groups is 2. The lowest BCUT2D eigenvalue weighted by molar-refractivity contribution is 0.0600. The van der Waals surface area contributed by atoms with E-state index in [2.05, 4.69) is 27.3 Å². The summed E-state index contributed by atoms with van der Waals surface area (Å²) >= 11 is 0. The SMILES string of the molecule is C=C1Cc2ccc(NC(=O)Nc3cccc(C(=O)OC)c3)cc2N1. The van der Waals surface area contributed by atoms with Crippen LogP contribution in [0.15, 0.2) is 54.7 Å². The number of esters is 1. The van der Waals surface area contributed by atoms with Gasteiger partial charge in [-0.1, -0.05) is 18.7 Å². The van der Waals surface area contributed by atoms with Gasteiger partial charge in [0.15, 0.2) is 0 Å². The number of ether oxygens (including phenoxy) is 1. The van der Waals surface area contributed by atoms with Crippen LogP contribution >= 0.6 is 0 Å². The van der Waals surface area contributed by atoms with E-state index in [0.717, 1.165) is 23.4 Å². The minimum Gasteiger partial charge on any atom is -0.465 e. The van der Waals surface area contributed by atoms with Crippen LogP contribution in [0.2, 0.25) is 0 Å². The Morgan fingerprint density at radius 2 is 1.88 bits per heavy atom. The highest BCUT2D eigenvalue weighted by atomic mass is 16.5. The van der Waals surface area contributed by atoms with E-state index >= 15 is 0 Å². The van der Waals surface area contributed by atoms with Crippen molar-refractivity contribution < 1.29 is 14.3 Å². The number of allylic oxidation sites excluding steroid dienone is 1. The molecule has 1 aliphatic rings. The maximum absolute atomic E-state index is 12.1. The number of hydrogen-bond acceptors (Lipinski definition) is 4. The molecular formula is C18H17N3O3. The molecule has 24 heavy (non-hydrogen) atoms.